The normalized spacial score (nSPS) is 17.2. The minimum Gasteiger partial charge on any atom is -0.339 e. The highest BCUT2D eigenvalue weighted by atomic mass is 79.9. The van der Waals surface area contributed by atoms with Crippen molar-refractivity contribution in [2.45, 2.75) is 63.2 Å². The van der Waals surface area contributed by atoms with Crippen LogP contribution in [0.4, 0.5) is 11.4 Å². The van der Waals surface area contributed by atoms with Crippen LogP contribution in [0.25, 0.3) is 0 Å². The van der Waals surface area contributed by atoms with Crippen LogP contribution >= 0.6 is 31.9 Å². The van der Waals surface area contributed by atoms with Gasteiger partial charge < -0.3 is 9.80 Å². The van der Waals surface area contributed by atoms with E-state index in [9.17, 15) is 34.6 Å². The molecule has 44 heavy (non-hydrogen) atoms. The number of hydrogen-bond acceptors (Lipinski definition) is 7. The lowest BCUT2D eigenvalue weighted by Gasteiger charge is -2.23. The third-order valence-corrected chi connectivity index (χ3v) is 9.78. The van der Waals surface area contributed by atoms with Gasteiger partial charge in [-0.2, -0.15) is 0 Å². The van der Waals surface area contributed by atoms with Gasteiger partial charge in [0.1, 0.15) is 5.78 Å². The van der Waals surface area contributed by atoms with E-state index in [0.29, 0.717) is 26.2 Å². The Labute approximate surface area is 272 Å². The van der Waals surface area contributed by atoms with Crippen molar-refractivity contribution in [1.29, 1.82) is 0 Å². The maximum Gasteiger partial charge on any atom is 0.274 e. The number of halogens is 2. The number of hydrogen-bond donors (Lipinski definition) is 0. The number of likely N-dealkylation sites (tertiary alicyclic amines) is 2. The monoisotopic (exact) mass is 734 g/mol. The van der Waals surface area contributed by atoms with Gasteiger partial charge in [-0.25, -0.2) is 0 Å². The van der Waals surface area contributed by atoms with Crippen LogP contribution in [0.2, 0.25) is 0 Å². The first-order chi connectivity index (χ1) is 21.2. The van der Waals surface area contributed by atoms with Crippen LogP contribution in [-0.2, 0) is 4.79 Å². The number of nitrogens with zero attached hydrogens (tertiary/aromatic N) is 4. The minimum absolute atomic E-state index is 0.0227. The molecule has 2 aliphatic rings. The molecule has 4 rings (SSSR count). The molecular weight excluding hydrogens is 700 g/mol. The van der Waals surface area contributed by atoms with E-state index in [1.54, 1.807) is 9.80 Å². The van der Waals surface area contributed by atoms with Crippen molar-refractivity contribution in [3.63, 3.8) is 0 Å². The standard InChI is InChI=1S/C31H36Br2N4O7/c32-19-25(23-11-9-21(17-27(23)36(41)42)30(39)34-13-5-1-2-6-14-34)29(38)26(20-33)24-12-10-22(18-28(24)37(43)44)31(40)35-15-7-3-4-8-16-35/h9-12,17-18,25-26H,1-8,13-16,19-20H2. The summed E-state index contributed by atoms with van der Waals surface area (Å²) in [6.45, 7) is 2.35. The summed E-state index contributed by atoms with van der Waals surface area (Å²) in [5.41, 5.74) is -0.119. The quantitative estimate of drug-likeness (QED) is 0.149. The van der Waals surface area contributed by atoms with E-state index in [1.807, 2.05) is 0 Å². The second-order valence-electron chi connectivity index (χ2n) is 11.3. The molecule has 2 aromatic rings. The molecule has 0 bridgehead atoms. The average molecular weight is 736 g/mol. The van der Waals surface area contributed by atoms with Gasteiger partial charge in [0.25, 0.3) is 23.2 Å². The zero-order valence-electron chi connectivity index (χ0n) is 24.4. The van der Waals surface area contributed by atoms with Crippen LogP contribution in [0.5, 0.6) is 0 Å². The molecule has 0 N–H and O–H groups in total. The van der Waals surface area contributed by atoms with Crippen LogP contribution in [0.1, 0.15) is 95.0 Å². The molecule has 0 aromatic heterocycles. The van der Waals surface area contributed by atoms with Gasteiger partial charge in [-0.15, -0.1) is 0 Å². The van der Waals surface area contributed by atoms with Gasteiger partial charge in [-0.05, 0) is 37.8 Å². The molecule has 2 amide bonds. The highest BCUT2D eigenvalue weighted by Crippen LogP contribution is 2.38. The predicted molar refractivity (Wildman–Crippen MR) is 173 cm³/mol. The van der Waals surface area contributed by atoms with Crippen molar-refractivity contribution >= 4 is 60.8 Å². The fourth-order valence-corrected chi connectivity index (χ4v) is 7.38. The van der Waals surface area contributed by atoms with Gasteiger partial charge >= 0.3 is 0 Å². The Morgan fingerprint density at radius 2 is 0.977 bits per heavy atom. The Morgan fingerprint density at radius 3 is 1.27 bits per heavy atom. The van der Waals surface area contributed by atoms with Gasteiger partial charge in [-0.1, -0.05) is 69.7 Å². The Bertz CT molecular complexity index is 1300. The molecule has 2 aromatic carbocycles. The van der Waals surface area contributed by atoms with Gasteiger partial charge in [0.2, 0.25) is 0 Å². The fourth-order valence-electron chi connectivity index (χ4n) is 6.04. The molecule has 0 spiro atoms. The topological polar surface area (TPSA) is 144 Å². The molecule has 0 saturated carbocycles. The molecule has 2 aliphatic heterocycles. The number of ketones is 1. The number of rotatable bonds is 10. The van der Waals surface area contributed by atoms with Crippen LogP contribution in [0.15, 0.2) is 36.4 Å². The lowest BCUT2D eigenvalue weighted by Crippen LogP contribution is -2.32. The lowest BCUT2D eigenvalue weighted by molar-refractivity contribution is -0.385. The smallest absolute Gasteiger partial charge is 0.274 e. The summed E-state index contributed by atoms with van der Waals surface area (Å²) in [7, 11) is 0. The van der Waals surface area contributed by atoms with Gasteiger partial charge in [0, 0.05) is 71.2 Å². The molecule has 0 radical (unpaired) electrons. The number of carbonyl (C=O) groups is 3. The van der Waals surface area contributed by atoms with E-state index in [4.69, 9.17) is 0 Å². The molecule has 2 saturated heterocycles. The van der Waals surface area contributed by atoms with Gasteiger partial charge in [-0.3, -0.25) is 34.6 Å². The van der Waals surface area contributed by atoms with Crippen LogP contribution in [0, 0.1) is 20.2 Å². The molecule has 2 atom stereocenters. The van der Waals surface area contributed by atoms with E-state index in [1.165, 1.54) is 36.4 Å². The van der Waals surface area contributed by atoms with Crippen molar-refractivity contribution in [2.24, 2.45) is 0 Å². The SMILES string of the molecule is O=C(C(CBr)c1ccc(C(=O)N2CCCCCC2)cc1[N+](=O)[O-])C(CBr)c1ccc(C(=O)N2CCCCCC2)cc1[N+](=O)[O-]. The largest absolute Gasteiger partial charge is 0.339 e. The van der Waals surface area contributed by atoms with Crippen LogP contribution in [0.3, 0.4) is 0 Å². The van der Waals surface area contributed by atoms with Crippen molar-refractivity contribution in [1.82, 2.24) is 9.80 Å². The first-order valence-electron chi connectivity index (χ1n) is 15.0. The summed E-state index contributed by atoms with van der Waals surface area (Å²) in [5, 5.41) is 24.4. The van der Waals surface area contributed by atoms with Gasteiger partial charge in [0.05, 0.1) is 21.7 Å². The highest BCUT2D eigenvalue weighted by Gasteiger charge is 2.36. The molecule has 11 nitrogen and oxygen atoms in total. The first kappa shape index (κ1) is 33.7. The first-order valence-corrected chi connectivity index (χ1v) is 17.2. The lowest BCUT2D eigenvalue weighted by atomic mass is 9.84. The van der Waals surface area contributed by atoms with Gasteiger partial charge in [0.15, 0.2) is 0 Å². The second kappa shape index (κ2) is 15.7. The third-order valence-electron chi connectivity index (χ3n) is 8.48. The Balaban J connectivity index is 1.65. The number of carbonyl (C=O) groups excluding carboxylic acids is 3. The van der Waals surface area contributed by atoms with Crippen molar-refractivity contribution < 1.29 is 24.2 Å². The maximum absolute atomic E-state index is 14.0. The van der Waals surface area contributed by atoms with E-state index < -0.39 is 27.5 Å². The fraction of sp³-hybridized carbons (Fsp3) is 0.516. The Hall–Kier alpha value is -3.19. The van der Waals surface area contributed by atoms with Crippen molar-refractivity contribution in [3.8, 4) is 0 Å². The summed E-state index contributed by atoms with van der Waals surface area (Å²) in [6.07, 6.45) is 7.62. The number of alkyl halides is 2. The summed E-state index contributed by atoms with van der Waals surface area (Å²) in [4.78, 5) is 67.0. The number of Topliss-reactive ketones (excluding diaryl/α,β-unsaturated/α-hetero) is 1. The Kier molecular flexibility index (Phi) is 12.0. The summed E-state index contributed by atoms with van der Waals surface area (Å²) < 4.78 is 0. The van der Waals surface area contributed by atoms with E-state index in [-0.39, 0.29) is 56.1 Å². The zero-order chi connectivity index (χ0) is 31.8. The third kappa shape index (κ3) is 7.71. The average Bonchev–Trinajstić information content (AvgIpc) is 3.47. The highest BCUT2D eigenvalue weighted by molar-refractivity contribution is 9.09. The van der Waals surface area contributed by atoms with E-state index in [2.05, 4.69) is 31.9 Å². The Morgan fingerprint density at radius 1 is 0.636 bits per heavy atom. The van der Waals surface area contributed by atoms with E-state index in [0.717, 1.165) is 51.4 Å². The molecular formula is C31H36Br2N4O7. The zero-order valence-corrected chi connectivity index (χ0v) is 27.6. The molecule has 13 heteroatoms. The van der Waals surface area contributed by atoms with Crippen molar-refractivity contribution in [3.05, 3.63) is 78.9 Å². The predicted octanol–water partition coefficient (Wildman–Crippen LogP) is 6.76. The molecule has 2 heterocycles. The van der Waals surface area contributed by atoms with Crippen molar-refractivity contribution in [2.75, 3.05) is 36.8 Å². The summed E-state index contributed by atoms with van der Waals surface area (Å²) in [5.74, 6) is -3.10. The number of amides is 2. The second-order valence-corrected chi connectivity index (χ2v) is 12.6. The molecule has 236 valence electrons. The number of benzene rings is 2. The summed E-state index contributed by atoms with van der Waals surface area (Å²) >= 11 is 6.67. The molecule has 2 fully saturated rings. The maximum atomic E-state index is 14.0. The molecule has 2 unspecified atom stereocenters. The van der Waals surface area contributed by atoms with Crippen LogP contribution in [-0.4, -0.2) is 74.1 Å². The molecule has 0 aliphatic carbocycles. The number of nitro groups is 2. The number of nitro benzene ring substituents is 2. The van der Waals surface area contributed by atoms with E-state index >= 15 is 0 Å². The summed E-state index contributed by atoms with van der Waals surface area (Å²) in [6, 6.07) is 8.34. The van der Waals surface area contributed by atoms with Crippen LogP contribution < -0.4 is 0 Å². The minimum atomic E-state index is -1.03.